The molecule has 17 heavy (non-hydrogen) atoms. The molecule has 4 N–H and O–H groups in total. The topological polar surface area (TPSA) is 102 Å². The van der Waals surface area contributed by atoms with Crippen LogP contribution < -0.4 is 11.1 Å². The molecule has 0 aliphatic heterocycles. The lowest BCUT2D eigenvalue weighted by Gasteiger charge is -2.01. The maximum atomic E-state index is 11.8. The quantitative estimate of drug-likeness (QED) is 0.700. The van der Waals surface area contributed by atoms with Gasteiger partial charge in [-0.3, -0.25) is 14.6 Å². The second-order valence-electron chi connectivity index (χ2n) is 3.58. The highest BCUT2D eigenvalue weighted by molar-refractivity contribution is 5.96. The van der Waals surface area contributed by atoms with E-state index < -0.39 is 0 Å². The molecule has 0 bridgehead atoms. The molecule has 2 aromatic heterocycles. The fourth-order valence-electron chi connectivity index (χ4n) is 1.42. The lowest BCUT2D eigenvalue weighted by Crippen LogP contribution is -2.24. The molecule has 90 valence electrons. The molecule has 2 rings (SSSR count). The Morgan fingerprint density at radius 3 is 3.06 bits per heavy atom. The van der Waals surface area contributed by atoms with Crippen molar-refractivity contribution in [1.29, 1.82) is 0 Å². The third-order valence-corrected chi connectivity index (χ3v) is 2.34. The molecule has 0 aliphatic rings. The molecular weight excluding hydrogens is 220 g/mol. The number of amides is 1. The number of aromatic amines is 1. The first-order chi connectivity index (χ1) is 8.20. The number of anilines is 1. The maximum Gasteiger partial charge on any atom is 0.274 e. The SMILES string of the molecule is CCn1cc(N)c(C(=O)NCc2cn[nH]c2)n1. The first-order valence-corrected chi connectivity index (χ1v) is 5.29. The smallest absolute Gasteiger partial charge is 0.274 e. The molecule has 1 amide bonds. The third kappa shape index (κ3) is 2.44. The van der Waals surface area contributed by atoms with Gasteiger partial charge in [0.2, 0.25) is 0 Å². The Kier molecular flexibility index (Phi) is 3.08. The lowest BCUT2D eigenvalue weighted by molar-refractivity contribution is 0.0946. The zero-order chi connectivity index (χ0) is 12.3. The Morgan fingerprint density at radius 2 is 2.47 bits per heavy atom. The summed E-state index contributed by atoms with van der Waals surface area (Å²) in [6.07, 6.45) is 5.01. The van der Waals surface area contributed by atoms with Crippen molar-refractivity contribution in [2.75, 3.05) is 5.73 Å². The predicted octanol–water partition coefficient (Wildman–Crippen LogP) is 0.138. The number of nitrogens with one attached hydrogen (secondary N) is 2. The fourth-order valence-corrected chi connectivity index (χ4v) is 1.42. The normalized spacial score (nSPS) is 10.4. The average Bonchev–Trinajstić information content (AvgIpc) is 2.94. The zero-order valence-electron chi connectivity index (χ0n) is 9.47. The van der Waals surface area contributed by atoms with Gasteiger partial charge in [0.05, 0.1) is 11.9 Å². The number of hydrogen-bond donors (Lipinski definition) is 3. The molecule has 0 radical (unpaired) electrons. The van der Waals surface area contributed by atoms with Gasteiger partial charge in [0.1, 0.15) is 0 Å². The van der Waals surface area contributed by atoms with Gasteiger partial charge in [-0.2, -0.15) is 10.2 Å². The van der Waals surface area contributed by atoms with Crippen LogP contribution in [0.3, 0.4) is 0 Å². The minimum absolute atomic E-state index is 0.260. The predicted molar refractivity (Wildman–Crippen MR) is 62.1 cm³/mol. The number of nitrogens with two attached hydrogens (primary N) is 1. The van der Waals surface area contributed by atoms with Crippen molar-refractivity contribution in [1.82, 2.24) is 25.3 Å². The monoisotopic (exact) mass is 234 g/mol. The number of hydrogen-bond acceptors (Lipinski definition) is 4. The van der Waals surface area contributed by atoms with Gasteiger partial charge in [-0.1, -0.05) is 0 Å². The van der Waals surface area contributed by atoms with Crippen molar-refractivity contribution < 1.29 is 4.79 Å². The third-order valence-electron chi connectivity index (χ3n) is 2.34. The van der Waals surface area contributed by atoms with Crippen LogP contribution in [0, 0.1) is 0 Å². The molecular formula is C10H14N6O. The van der Waals surface area contributed by atoms with E-state index in [1.807, 2.05) is 6.92 Å². The van der Waals surface area contributed by atoms with E-state index in [1.165, 1.54) is 0 Å². The molecule has 0 atom stereocenters. The first-order valence-electron chi connectivity index (χ1n) is 5.29. The zero-order valence-corrected chi connectivity index (χ0v) is 9.47. The van der Waals surface area contributed by atoms with E-state index in [9.17, 15) is 4.79 Å². The summed E-state index contributed by atoms with van der Waals surface area (Å²) in [5.41, 5.74) is 7.24. The van der Waals surface area contributed by atoms with Crippen molar-refractivity contribution in [3.63, 3.8) is 0 Å². The number of aromatic nitrogens is 4. The van der Waals surface area contributed by atoms with Gasteiger partial charge in [-0.15, -0.1) is 0 Å². The van der Waals surface area contributed by atoms with E-state index in [1.54, 1.807) is 23.3 Å². The van der Waals surface area contributed by atoms with E-state index in [0.29, 0.717) is 18.8 Å². The van der Waals surface area contributed by atoms with Gasteiger partial charge in [0.25, 0.3) is 5.91 Å². The number of carbonyl (C=O) groups excluding carboxylic acids is 1. The van der Waals surface area contributed by atoms with Crippen LogP contribution in [0.4, 0.5) is 5.69 Å². The van der Waals surface area contributed by atoms with Gasteiger partial charge in [0.15, 0.2) is 5.69 Å². The lowest BCUT2D eigenvalue weighted by atomic mass is 10.3. The van der Waals surface area contributed by atoms with Crippen molar-refractivity contribution >= 4 is 11.6 Å². The van der Waals surface area contributed by atoms with Crippen LogP contribution in [0.1, 0.15) is 23.0 Å². The number of nitrogens with zero attached hydrogens (tertiary/aromatic N) is 3. The van der Waals surface area contributed by atoms with E-state index >= 15 is 0 Å². The van der Waals surface area contributed by atoms with Crippen LogP contribution in [0.5, 0.6) is 0 Å². The Balaban J connectivity index is 2.01. The summed E-state index contributed by atoms with van der Waals surface area (Å²) in [6, 6.07) is 0. The minimum atomic E-state index is -0.282. The Labute approximate surface area is 98.0 Å². The average molecular weight is 234 g/mol. The van der Waals surface area contributed by atoms with Crippen molar-refractivity contribution in [3.05, 3.63) is 29.8 Å². The van der Waals surface area contributed by atoms with Crippen LogP contribution in [-0.2, 0) is 13.1 Å². The van der Waals surface area contributed by atoms with Gasteiger partial charge < -0.3 is 11.1 Å². The van der Waals surface area contributed by atoms with Gasteiger partial charge in [0, 0.05) is 31.0 Å². The summed E-state index contributed by atoms with van der Waals surface area (Å²) in [5.74, 6) is -0.282. The number of aryl methyl sites for hydroxylation is 1. The molecule has 0 fully saturated rings. The number of nitrogen functional groups attached to an aromatic ring is 1. The molecule has 0 saturated heterocycles. The van der Waals surface area contributed by atoms with Crippen LogP contribution in [-0.4, -0.2) is 25.9 Å². The second kappa shape index (κ2) is 4.69. The number of H-pyrrole nitrogens is 1. The molecule has 7 nitrogen and oxygen atoms in total. The van der Waals surface area contributed by atoms with Gasteiger partial charge >= 0.3 is 0 Å². The van der Waals surface area contributed by atoms with Crippen LogP contribution in [0.2, 0.25) is 0 Å². The molecule has 0 aromatic carbocycles. The first kappa shape index (κ1) is 11.2. The molecule has 2 heterocycles. The van der Waals surface area contributed by atoms with Crippen LogP contribution in [0.25, 0.3) is 0 Å². The standard InChI is InChI=1S/C10H14N6O/c1-2-16-6-8(11)9(15-16)10(17)12-3-7-4-13-14-5-7/h4-6H,2-3,11H2,1H3,(H,12,17)(H,13,14). The molecule has 2 aromatic rings. The Bertz CT molecular complexity index is 501. The number of rotatable bonds is 4. The number of carbonyl (C=O) groups is 1. The highest BCUT2D eigenvalue weighted by atomic mass is 16.1. The maximum absolute atomic E-state index is 11.8. The molecule has 0 aliphatic carbocycles. The fraction of sp³-hybridized carbons (Fsp3) is 0.300. The van der Waals surface area contributed by atoms with Crippen molar-refractivity contribution in [2.24, 2.45) is 0 Å². The largest absolute Gasteiger partial charge is 0.396 e. The van der Waals surface area contributed by atoms with E-state index in [2.05, 4.69) is 20.6 Å². The van der Waals surface area contributed by atoms with E-state index in [-0.39, 0.29) is 11.6 Å². The Hall–Kier alpha value is -2.31. The summed E-state index contributed by atoms with van der Waals surface area (Å²) in [7, 11) is 0. The molecule has 0 saturated carbocycles. The Morgan fingerprint density at radius 1 is 1.65 bits per heavy atom. The summed E-state index contributed by atoms with van der Waals surface area (Å²) >= 11 is 0. The van der Waals surface area contributed by atoms with E-state index in [0.717, 1.165) is 5.56 Å². The summed E-state index contributed by atoms with van der Waals surface area (Å²) in [5, 5.41) is 13.3. The molecule has 0 spiro atoms. The highest BCUT2D eigenvalue weighted by Gasteiger charge is 2.14. The summed E-state index contributed by atoms with van der Waals surface area (Å²) < 4.78 is 1.63. The van der Waals surface area contributed by atoms with Crippen molar-refractivity contribution in [2.45, 2.75) is 20.0 Å². The van der Waals surface area contributed by atoms with Gasteiger partial charge in [-0.25, -0.2) is 0 Å². The summed E-state index contributed by atoms with van der Waals surface area (Å²) in [4.78, 5) is 11.8. The van der Waals surface area contributed by atoms with Crippen LogP contribution >= 0.6 is 0 Å². The minimum Gasteiger partial charge on any atom is -0.396 e. The van der Waals surface area contributed by atoms with Gasteiger partial charge in [-0.05, 0) is 6.92 Å². The second-order valence-corrected chi connectivity index (χ2v) is 3.58. The van der Waals surface area contributed by atoms with Crippen molar-refractivity contribution in [3.8, 4) is 0 Å². The van der Waals surface area contributed by atoms with Crippen LogP contribution in [0.15, 0.2) is 18.6 Å². The van der Waals surface area contributed by atoms with E-state index in [4.69, 9.17) is 5.73 Å². The highest BCUT2D eigenvalue weighted by Crippen LogP contribution is 2.08. The molecule has 0 unspecified atom stereocenters. The summed E-state index contributed by atoms with van der Waals surface area (Å²) in [6.45, 7) is 3.01. The molecule has 7 heteroatoms.